The number of aryl methyl sites for hydroxylation is 1. The molecule has 0 aliphatic heterocycles. The Balaban J connectivity index is 2.76. The maximum atomic E-state index is 9.51. The zero-order valence-corrected chi connectivity index (χ0v) is 9.42. The van der Waals surface area contributed by atoms with Crippen LogP contribution in [-0.2, 0) is 0 Å². The van der Waals surface area contributed by atoms with Gasteiger partial charge in [0.1, 0.15) is 5.15 Å². The molecule has 1 aromatic carbocycles. The van der Waals surface area contributed by atoms with E-state index in [4.69, 9.17) is 11.6 Å². The maximum Gasteiger partial charge on any atom is 0.135 e. The van der Waals surface area contributed by atoms with Crippen LogP contribution in [0.5, 0.6) is 0 Å². The first-order chi connectivity index (χ1) is 7.09. The zero-order chi connectivity index (χ0) is 11.0. The van der Waals surface area contributed by atoms with E-state index >= 15 is 0 Å². The van der Waals surface area contributed by atoms with E-state index in [0.29, 0.717) is 10.7 Å². The van der Waals surface area contributed by atoms with Crippen LogP contribution in [0.3, 0.4) is 0 Å². The van der Waals surface area contributed by atoms with Gasteiger partial charge in [-0.25, -0.2) is 4.98 Å². The van der Waals surface area contributed by atoms with Crippen molar-refractivity contribution in [1.82, 2.24) is 4.98 Å². The number of aliphatic hydroxyl groups excluding tert-OH is 1. The molecule has 3 heteroatoms. The summed E-state index contributed by atoms with van der Waals surface area (Å²) in [6.45, 7) is 3.68. The van der Waals surface area contributed by atoms with E-state index in [1.807, 2.05) is 31.2 Å². The fourth-order valence-corrected chi connectivity index (χ4v) is 1.93. The van der Waals surface area contributed by atoms with Gasteiger partial charge in [-0.2, -0.15) is 0 Å². The lowest BCUT2D eigenvalue weighted by Crippen LogP contribution is -1.95. The number of para-hydroxylation sites is 1. The van der Waals surface area contributed by atoms with Gasteiger partial charge in [0.25, 0.3) is 0 Å². The van der Waals surface area contributed by atoms with Crippen LogP contribution in [-0.4, -0.2) is 10.1 Å². The van der Waals surface area contributed by atoms with E-state index in [-0.39, 0.29) is 0 Å². The van der Waals surface area contributed by atoms with E-state index in [9.17, 15) is 5.11 Å². The van der Waals surface area contributed by atoms with Crippen molar-refractivity contribution in [2.75, 3.05) is 0 Å². The molecular formula is C12H12ClNO. The van der Waals surface area contributed by atoms with Crippen LogP contribution in [0.2, 0.25) is 5.15 Å². The van der Waals surface area contributed by atoms with Crippen molar-refractivity contribution in [3.05, 3.63) is 40.5 Å². The molecule has 0 bridgehead atoms. The summed E-state index contributed by atoms with van der Waals surface area (Å²) in [4.78, 5) is 4.30. The van der Waals surface area contributed by atoms with Crippen molar-refractivity contribution in [1.29, 1.82) is 0 Å². The number of aliphatic hydroxyl groups is 1. The number of hydrogen-bond donors (Lipinski definition) is 1. The predicted molar refractivity (Wildman–Crippen MR) is 62.1 cm³/mol. The second-order valence-corrected chi connectivity index (χ2v) is 4.05. The molecule has 1 heterocycles. The van der Waals surface area contributed by atoms with Crippen molar-refractivity contribution in [2.24, 2.45) is 0 Å². The molecule has 1 aromatic heterocycles. The largest absolute Gasteiger partial charge is 0.389 e. The fraction of sp³-hybridized carbons (Fsp3) is 0.250. The number of aromatic nitrogens is 1. The summed E-state index contributed by atoms with van der Waals surface area (Å²) in [7, 11) is 0. The summed E-state index contributed by atoms with van der Waals surface area (Å²) in [5.41, 5.74) is 2.66. The van der Waals surface area contributed by atoms with Gasteiger partial charge in [0.2, 0.25) is 0 Å². The minimum absolute atomic E-state index is 0.381. The Kier molecular flexibility index (Phi) is 2.63. The summed E-state index contributed by atoms with van der Waals surface area (Å²) in [5.74, 6) is 0. The van der Waals surface area contributed by atoms with Crippen molar-refractivity contribution in [2.45, 2.75) is 20.0 Å². The predicted octanol–water partition coefficient (Wildman–Crippen LogP) is 3.25. The van der Waals surface area contributed by atoms with Gasteiger partial charge in [0.15, 0.2) is 0 Å². The molecule has 1 N–H and O–H groups in total. The molecule has 0 radical (unpaired) electrons. The van der Waals surface area contributed by atoms with Crippen LogP contribution in [0.15, 0.2) is 24.3 Å². The molecule has 0 unspecified atom stereocenters. The molecule has 0 saturated heterocycles. The third-order valence-electron chi connectivity index (χ3n) is 2.48. The van der Waals surface area contributed by atoms with Gasteiger partial charge >= 0.3 is 0 Å². The topological polar surface area (TPSA) is 33.1 Å². The number of halogens is 1. The standard InChI is InChI=1S/C12H12ClNO/c1-7-4-3-5-9-6-10(8(2)15)12(13)14-11(7)9/h3-6,8,15H,1-2H3/t8-/m0/s1. The lowest BCUT2D eigenvalue weighted by Gasteiger charge is -2.09. The van der Waals surface area contributed by atoms with Crippen LogP contribution in [0, 0.1) is 6.92 Å². The average molecular weight is 222 g/mol. The van der Waals surface area contributed by atoms with Gasteiger partial charge in [-0.3, -0.25) is 0 Å². The van der Waals surface area contributed by atoms with Gasteiger partial charge in [0, 0.05) is 10.9 Å². The third-order valence-corrected chi connectivity index (χ3v) is 2.78. The van der Waals surface area contributed by atoms with Crippen molar-refractivity contribution < 1.29 is 5.11 Å². The Labute approximate surface area is 93.5 Å². The number of benzene rings is 1. The molecule has 2 nitrogen and oxygen atoms in total. The lowest BCUT2D eigenvalue weighted by molar-refractivity contribution is 0.199. The molecule has 0 saturated carbocycles. The highest BCUT2D eigenvalue weighted by molar-refractivity contribution is 6.30. The first-order valence-electron chi connectivity index (χ1n) is 4.83. The van der Waals surface area contributed by atoms with Gasteiger partial charge in [-0.15, -0.1) is 0 Å². The molecule has 0 aliphatic carbocycles. The summed E-state index contributed by atoms with van der Waals surface area (Å²) >= 11 is 6.00. The van der Waals surface area contributed by atoms with Crippen molar-refractivity contribution >= 4 is 22.5 Å². The Morgan fingerprint density at radius 3 is 2.80 bits per heavy atom. The van der Waals surface area contributed by atoms with Crippen LogP contribution in [0.1, 0.15) is 24.2 Å². The van der Waals surface area contributed by atoms with E-state index in [2.05, 4.69) is 4.98 Å². The first-order valence-corrected chi connectivity index (χ1v) is 5.21. The van der Waals surface area contributed by atoms with Gasteiger partial charge in [0.05, 0.1) is 11.6 Å². The number of fused-ring (bicyclic) bond motifs is 1. The fourth-order valence-electron chi connectivity index (χ4n) is 1.63. The zero-order valence-electron chi connectivity index (χ0n) is 8.66. The van der Waals surface area contributed by atoms with Crippen LogP contribution in [0.25, 0.3) is 10.9 Å². The average Bonchev–Trinajstić information content (AvgIpc) is 2.18. The Morgan fingerprint density at radius 1 is 1.40 bits per heavy atom. The SMILES string of the molecule is Cc1cccc2cc([C@H](C)O)c(Cl)nc12. The lowest BCUT2D eigenvalue weighted by atomic mass is 10.1. The summed E-state index contributed by atoms with van der Waals surface area (Å²) in [6.07, 6.45) is -0.588. The van der Waals surface area contributed by atoms with E-state index in [1.165, 1.54) is 0 Å². The molecule has 78 valence electrons. The Morgan fingerprint density at radius 2 is 2.13 bits per heavy atom. The van der Waals surface area contributed by atoms with E-state index in [1.54, 1.807) is 6.92 Å². The highest BCUT2D eigenvalue weighted by atomic mass is 35.5. The summed E-state index contributed by atoms with van der Waals surface area (Å²) < 4.78 is 0. The van der Waals surface area contributed by atoms with E-state index in [0.717, 1.165) is 16.5 Å². The molecule has 0 fully saturated rings. The number of pyridine rings is 1. The number of hydrogen-bond acceptors (Lipinski definition) is 2. The minimum Gasteiger partial charge on any atom is -0.389 e. The maximum absolute atomic E-state index is 9.51. The highest BCUT2D eigenvalue weighted by Gasteiger charge is 2.10. The highest BCUT2D eigenvalue weighted by Crippen LogP contribution is 2.26. The second-order valence-electron chi connectivity index (χ2n) is 3.69. The number of nitrogens with zero attached hydrogens (tertiary/aromatic N) is 1. The molecule has 1 atom stereocenters. The van der Waals surface area contributed by atoms with Crippen molar-refractivity contribution in [3.8, 4) is 0 Å². The molecule has 2 rings (SSSR count). The quantitative estimate of drug-likeness (QED) is 0.750. The third kappa shape index (κ3) is 1.83. The van der Waals surface area contributed by atoms with Crippen LogP contribution >= 0.6 is 11.6 Å². The monoisotopic (exact) mass is 221 g/mol. The molecule has 0 spiro atoms. The molecular weight excluding hydrogens is 210 g/mol. The van der Waals surface area contributed by atoms with Gasteiger partial charge in [-0.05, 0) is 25.5 Å². The Hall–Kier alpha value is -1.12. The number of rotatable bonds is 1. The second kappa shape index (κ2) is 3.80. The van der Waals surface area contributed by atoms with Crippen molar-refractivity contribution in [3.63, 3.8) is 0 Å². The minimum atomic E-state index is -0.588. The normalized spacial score (nSPS) is 13.1. The first kappa shape index (κ1) is 10.4. The smallest absolute Gasteiger partial charge is 0.135 e. The molecule has 0 amide bonds. The molecule has 2 aromatic rings. The molecule has 0 aliphatic rings. The van der Waals surface area contributed by atoms with Gasteiger partial charge in [-0.1, -0.05) is 29.8 Å². The van der Waals surface area contributed by atoms with Crippen LogP contribution < -0.4 is 0 Å². The molecule has 15 heavy (non-hydrogen) atoms. The van der Waals surface area contributed by atoms with Gasteiger partial charge < -0.3 is 5.11 Å². The summed E-state index contributed by atoms with van der Waals surface area (Å²) in [5, 5.41) is 10.9. The summed E-state index contributed by atoms with van der Waals surface area (Å²) in [6, 6.07) is 7.83. The van der Waals surface area contributed by atoms with Crippen LogP contribution in [0.4, 0.5) is 0 Å². The Bertz CT molecular complexity index is 508. The van der Waals surface area contributed by atoms with E-state index < -0.39 is 6.10 Å².